The standard InChI is InChI=1S/C24H26N6O3/c1-24(2)32-19-17(11-10-15-7-5-6-12-25-15)31-23(20(19)33-24)30-14-28-18-21(26-13-27-22(18)30)29-16-8-3-4-9-16/h5-7,12-14,16-17,19-20,23H,3-4,8-9H2,1-2H3,(H,26,27,29). The zero-order chi connectivity index (χ0) is 22.4. The molecule has 1 aliphatic carbocycles. The van der Waals surface area contributed by atoms with Crippen molar-refractivity contribution >= 4 is 17.0 Å². The van der Waals surface area contributed by atoms with Crippen LogP contribution in [0, 0.1) is 11.8 Å². The molecule has 3 aliphatic rings. The molecule has 0 spiro atoms. The molecule has 4 unspecified atom stereocenters. The van der Waals surface area contributed by atoms with E-state index in [0.29, 0.717) is 17.4 Å². The number of hydrogen-bond acceptors (Lipinski definition) is 8. The minimum Gasteiger partial charge on any atom is -0.365 e. The van der Waals surface area contributed by atoms with Crippen LogP contribution in [0.3, 0.4) is 0 Å². The molecule has 4 atom stereocenters. The molecule has 1 saturated carbocycles. The maximum absolute atomic E-state index is 6.36. The first kappa shape index (κ1) is 20.5. The fourth-order valence-corrected chi connectivity index (χ4v) is 4.91. The van der Waals surface area contributed by atoms with Gasteiger partial charge in [-0.2, -0.15) is 0 Å². The predicted octanol–water partition coefficient (Wildman–Crippen LogP) is 3.05. The van der Waals surface area contributed by atoms with E-state index in [1.54, 1.807) is 18.9 Å². The second kappa shape index (κ2) is 8.06. The molecule has 2 aliphatic heterocycles. The average Bonchev–Trinajstić information content (AvgIpc) is 3.58. The zero-order valence-electron chi connectivity index (χ0n) is 18.6. The van der Waals surface area contributed by atoms with Gasteiger partial charge in [-0.1, -0.05) is 24.8 Å². The Hall–Kier alpha value is -3.06. The van der Waals surface area contributed by atoms with Crippen LogP contribution in [0.4, 0.5) is 5.82 Å². The van der Waals surface area contributed by atoms with Gasteiger partial charge in [0.25, 0.3) is 0 Å². The van der Waals surface area contributed by atoms with E-state index in [4.69, 9.17) is 14.2 Å². The van der Waals surface area contributed by atoms with E-state index < -0.39 is 18.1 Å². The summed E-state index contributed by atoms with van der Waals surface area (Å²) < 4.78 is 20.7. The fourth-order valence-electron chi connectivity index (χ4n) is 4.91. The molecule has 33 heavy (non-hydrogen) atoms. The quantitative estimate of drug-likeness (QED) is 0.614. The van der Waals surface area contributed by atoms with Crippen LogP contribution in [0.2, 0.25) is 0 Å². The van der Waals surface area contributed by atoms with Gasteiger partial charge >= 0.3 is 0 Å². The number of nitrogens with zero attached hydrogens (tertiary/aromatic N) is 5. The van der Waals surface area contributed by atoms with Crippen LogP contribution in [0.25, 0.3) is 11.2 Å². The van der Waals surface area contributed by atoms with Gasteiger partial charge in [-0.25, -0.2) is 19.9 Å². The molecule has 9 heteroatoms. The van der Waals surface area contributed by atoms with Crippen LogP contribution in [0.15, 0.2) is 37.1 Å². The highest BCUT2D eigenvalue weighted by atomic mass is 16.8. The summed E-state index contributed by atoms with van der Waals surface area (Å²) >= 11 is 0. The maximum Gasteiger partial charge on any atom is 0.167 e. The molecule has 0 radical (unpaired) electrons. The van der Waals surface area contributed by atoms with Crippen molar-refractivity contribution in [1.29, 1.82) is 0 Å². The van der Waals surface area contributed by atoms with E-state index in [1.165, 1.54) is 12.8 Å². The molecular weight excluding hydrogens is 420 g/mol. The summed E-state index contributed by atoms with van der Waals surface area (Å²) in [5, 5.41) is 3.54. The number of imidazole rings is 1. The highest BCUT2D eigenvalue weighted by Crippen LogP contribution is 2.43. The normalized spacial score (nSPS) is 28.5. The lowest BCUT2D eigenvalue weighted by Gasteiger charge is -2.23. The summed E-state index contributed by atoms with van der Waals surface area (Å²) in [5.74, 6) is 6.31. The number of fused-ring (bicyclic) bond motifs is 2. The van der Waals surface area contributed by atoms with Gasteiger partial charge in [-0.15, -0.1) is 0 Å². The Balaban J connectivity index is 1.32. The van der Waals surface area contributed by atoms with Gasteiger partial charge in [-0.05, 0) is 44.7 Å². The molecule has 0 amide bonds. The summed E-state index contributed by atoms with van der Waals surface area (Å²) in [7, 11) is 0. The molecule has 3 fully saturated rings. The monoisotopic (exact) mass is 446 g/mol. The van der Waals surface area contributed by atoms with E-state index in [1.807, 2.05) is 36.6 Å². The van der Waals surface area contributed by atoms with Crippen molar-refractivity contribution < 1.29 is 14.2 Å². The van der Waals surface area contributed by atoms with Crippen molar-refractivity contribution in [1.82, 2.24) is 24.5 Å². The lowest BCUT2D eigenvalue weighted by molar-refractivity contribution is -0.190. The molecule has 0 bridgehead atoms. The third kappa shape index (κ3) is 3.84. The van der Waals surface area contributed by atoms with Gasteiger partial charge in [0.15, 0.2) is 29.0 Å². The van der Waals surface area contributed by atoms with Crippen molar-refractivity contribution in [2.24, 2.45) is 0 Å². The summed E-state index contributed by atoms with van der Waals surface area (Å²) in [6, 6.07) is 6.07. The van der Waals surface area contributed by atoms with Gasteiger partial charge in [0.05, 0.1) is 6.33 Å². The number of nitrogens with one attached hydrogen (secondary N) is 1. The molecule has 9 nitrogen and oxygen atoms in total. The largest absolute Gasteiger partial charge is 0.365 e. The predicted molar refractivity (Wildman–Crippen MR) is 120 cm³/mol. The van der Waals surface area contributed by atoms with Crippen LogP contribution < -0.4 is 5.32 Å². The molecule has 5 heterocycles. The summed E-state index contributed by atoms with van der Waals surface area (Å²) in [6.07, 6.45) is 8.19. The molecule has 170 valence electrons. The highest BCUT2D eigenvalue weighted by molar-refractivity contribution is 5.82. The van der Waals surface area contributed by atoms with Crippen molar-refractivity contribution in [3.63, 3.8) is 0 Å². The summed E-state index contributed by atoms with van der Waals surface area (Å²) in [4.78, 5) is 17.9. The first-order valence-electron chi connectivity index (χ1n) is 11.5. The summed E-state index contributed by atoms with van der Waals surface area (Å²) in [5.41, 5.74) is 2.11. The van der Waals surface area contributed by atoms with Crippen molar-refractivity contribution in [2.45, 2.75) is 75.9 Å². The number of rotatable bonds is 3. The Labute approximate surface area is 191 Å². The number of hydrogen-bond donors (Lipinski definition) is 1. The SMILES string of the molecule is CC1(C)OC2C(C#Cc3ccccn3)OC(n3cnc4c(NC5CCCC5)ncnc43)C2O1. The Bertz CT molecular complexity index is 1210. The second-order valence-corrected chi connectivity index (χ2v) is 9.17. The molecular formula is C24H26N6O3. The molecule has 2 saturated heterocycles. The third-order valence-corrected chi connectivity index (χ3v) is 6.37. The summed E-state index contributed by atoms with van der Waals surface area (Å²) in [6.45, 7) is 3.81. The van der Waals surface area contributed by atoms with E-state index >= 15 is 0 Å². The van der Waals surface area contributed by atoms with E-state index in [0.717, 1.165) is 24.2 Å². The molecule has 0 aromatic carbocycles. The van der Waals surface area contributed by atoms with Gasteiger partial charge in [-0.3, -0.25) is 4.57 Å². The first-order valence-corrected chi connectivity index (χ1v) is 11.5. The number of aromatic nitrogens is 5. The molecule has 1 N–H and O–H groups in total. The van der Waals surface area contributed by atoms with E-state index in [2.05, 4.69) is 37.1 Å². The molecule has 3 aromatic heterocycles. The van der Waals surface area contributed by atoms with Gasteiger partial charge in [0, 0.05) is 12.2 Å². The number of pyridine rings is 1. The lowest BCUT2D eigenvalue weighted by atomic mass is 10.1. The minimum absolute atomic E-state index is 0.336. The zero-order valence-corrected chi connectivity index (χ0v) is 18.6. The Morgan fingerprint density at radius 3 is 2.73 bits per heavy atom. The van der Waals surface area contributed by atoms with E-state index in [9.17, 15) is 0 Å². The van der Waals surface area contributed by atoms with Crippen LogP contribution in [-0.2, 0) is 14.2 Å². The third-order valence-electron chi connectivity index (χ3n) is 6.37. The minimum atomic E-state index is -0.733. The first-order chi connectivity index (χ1) is 16.1. The van der Waals surface area contributed by atoms with Crippen molar-refractivity contribution in [3.8, 4) is 11.8 Å². The Kier molecular flexibility index (Phi) is 5.02. The van der Waals surface area contributed by atoms with Crippen LogP contribution in [-0.4, -0.2) is 54.6 Å². The Morgan fingerprint density at radius 2 is 1.91 bits per heavy atom. The molecule has 3 aromatic rings. The number of anilines is 1. The Morgan fingerprint density at radius 1 is 1.06 bits per heavy atom. The number of ether oxygens (including phenoxy) is 3. The topological polar surface area (TPSA) is 96.2 Å². The fraction of sp³-hybridized carbons (Fsp3) is 0.500. The lowest BCUT2D eigenvalue weighted by Crippen LogP contribution is -2.28. The van der Waals surface area contributed by atoms with Crippen LogP contribution in [0.5, 0.6) is 0 Å². The van der Waals surface area contributed by atoms with Crippen LogP contribution in [0.1, 0.15) is 51.5 Å². The van der Waals surface area contributed by atoms with Gasteiger partial charge in [0.1, 0.15) is 30.3 Å². The van der Waals surface area contributed by atoms with Crippen molar-refractivity contribution in [3.05, 3.63) is 42.7 Å². The van der Waals surface area contributed by atoms with Gasteiger partial charge < -0.3 is 19.5 Å². The molecule has 6 rings (SSSR count). The highest BCUT2D eigenvalue weighted by Gasteiger charge is 2.56. The second-order valence-electron chi connectivity index (χ2n) is 9.17. The maximum atomic E-state index is 6.36. The smallest absolute Gasteiger partial charge is 0.167 e. The van der Waals surface area contributed by atoms with Gasteiger partial charge in [0.2, 0.25) is 0 Å². The van der Waals surface area contributed by atoms with Crippen LogP contribution >= 0.6 is 0 Å². The van der Waals surface area contributed by atoms with E-state index in [-0.39, 0.29) is 12.2 Å². The van der Waals surface area contributed by atoms with Crippen molar-refractivity contribution in [2.75, 3.05) is 5.32 Å². The average molecular weight is 447 g/mol.